The van der Waals surface area contributed by atoms with Crippen molar-refractivity contribution in [1.82, 2.24) is 15.0 Å². The van der Waals surface area contributed by atoms with Crippen molar-refractivity contribution in [2.75, 3.05) is 4.31 Å². The van der Waals surface area contributed by atoms with Crippen LogP contribution in [0.25, 0.3) is 5.69 Å². The molecule has 0 saturated heterocycles. The number of alkyl halides is 6. The molecular formula is C24H17F7N4O3S. The summed E-state index contributed by atoms with van der Waals surface area (Å²) in [7, 11) is -4.43. The molecule has 39 heavy (non-hydrogen) atoms. The Morgan fingerprint density at radius 1 is 0.846 bits per heavy atom. The SMILES string of the molecule is O=S(=O)(c1ccccc1)N(Cc1cn(-c2cccc(F)c2)nn1)c1ccc(C(O)(C(F)(F)F)C(F)(F)F)cc1. The van der Waals surface area contributed by atoms with Crippen molar-refractivity contribution in [3.8, 4) is 5.69 Å². The van der Waals surface area contributed by atoms with Crippen LogP contribution in [0.2, 0.25) is 0 Å². The molecule has 0 aliphatic heterocycles. The highest BCUT2D eigenvalue weighted by atomic mass is 32.2. The Hall–Kier alpha value is -3.98. The van der Waals surface area contributed by atoms with E-state index in [0.29, 0.717) is 28.6 Å². The molecule has 0 fully saturated rings. The minimum atomic E-state index is -6.11. The van der Waals surface area contributed by atoms with Gasteiger partial charge in [-0.2, -0.15) is 26.3 Å². The summed E-state index contributed by atoms with van der Waals surface area (Å²) in [6.07, 6.45) is -10.9. The van der Waals surface area contributed by atoms with Gasteiger partial charge in [0.1, 0.15) is 11.5 Å². The maximum absolute atomic E-state index is 13.6. The lowest BCUT2D eigenvalue weighted by Crippen LogP contribution is -2.53. The molecule has 0 aliphatic carbocycles. The van der Waals surface area contributed by atoms with Crippen LogP contribution in [0.5, 0.6) is 0 Å². The van der Waals surface area contributed by atoms with Crippen LogP contribution in [0.3, 0.4) is 0 Å². The standard InChI is InChI=1S/C24H17F7N4O3S/c25-17-5-4-6-20(13-17)34-14-18(32-33-34)15-35(39(37,38)21-7-2-1-3-8-21)19-11-9-16(10-12-19)22(36,23(26,27)28)24(29,30)31/h1-14,36H,15H2. The van der Waals surface area contributed by atoms with E-state index in [1.54, 1.807) is 0 Å². The molecule has 0 aliphatic rings. The van der Waals surface area contributed by atoms with E-state index in [1.165, 1.54) is 54.7 Å². The molecule has 1 N–H and O–H groups in total. The summed E-state index contributed by atoms with van der Waals surface area (Å²) in [4.78, 5) is -0.228. The summed E-state index contributed by atoms with van der Waals surface area (Å²) >= 11 is 0. The van der Waals surface area contributed by atoms with Crippen LogP contribution in [0, 0.1) is 5.82 Å². The van der Waals surface area contributed by atoms with Crippen LogP contribution in [0.1, 0.15) is 11.3 Å². The van der Waals surface area contributed by atoms with Gasteiger partial charge in [0, 0.05) is 5.56 Å². The Labute approximate surface area is 216 Å². The molecule has 0 spiro atoms. The molecule has 0 radical (unpaired) electrons. The van der Waals surface area contributed by atoms with Crippen LogP contribution in [0.15, 0.2) is 90.0 Å². The molecule has 0 saturated carbocycles. The smallest absolute Gasteiger partial charge is 0.369 e. The Kier molecular flexibility index (Phi) is 7.16. The van der Waals surface area contributed by atoms with Crippen LogP contribution < -0.4 is 4.31 Å². The van der Waals surface area contributed by atoms with E-state index in [2.05, 4.69) is 10.3 Å². The minimum absolute atomic E-state index is 0.0185. The zero-order chi connectivity index (χ0) is 28.6. The van der Waals surface area contributed by atoms with E-state index >= 15 is 0 Å². The predicted octanol–water partition coefficient (Wildman–Crippen LogP) is 5.11. The molecular weight excluding hydrogens is 557 g/mol. The van der Waals surface area contributed by atoms with Crippen molar-refractivity contribution in [2.45, 2.75) is 29.4 Å². The van der Waals surface area contributed by atoms with Gasteiger partial charge in [0.15, 0.2) is 0 Å². The normalized spacial score (nSPS) is 12.9. The molecule has 0 atom stereocenters. The second-order valence-corrected chi connectivity index (χ2v) is 10.1. The molecule has 0 bridgehead atoms. The lowest BCUT2D eigenvalue weighted by molar-refractivity contribution is -0.376. The Balaban J connectivity index is 1.77. The topological polar surface area (TPSA) is 88.3 Å². The third kappa shape index (κ3) is 5.31. The van der Waals surface area contributed by atoms with E-state index in [-0.39, 0.29) is 22.0 Å². The highest BCUT2D eigenvalue weighted by molar-refractivity contribution is 7.92. The van der Waals surface area contributed by atoms with Crippen molar-refractivity contribution in [1.29, 1.82) is 0 Å². The van der Waals surface area contributed by atoms with Gasteiger partial charge in [-0.3, -0.25) is 4.31 Å². The predicted molar refractivity (Wildman–Crippen MR) is 124 cm³/mol. The average Bonchev–Trinajstić information content (AvgIpc) is 3.35. The van der Waals surface area contributed by atoms with Gasteiger partial charge in [-0.15, -0.1) is 5.10 Å². The lowest BCUT2D eigenvalue weighted by Gasteiger charge is -2.33. The third-order valence-corrected chi connectivity index (χ3v) is 7.43. The molecule has 15 heteroatoms. The number of rotatable bonds is 7. The highest BCUT2D eigenvalue weighted by Gasteiger charge is 2.71. The van der Waals surface area contributed by atoms with Gasteiger partial charge in [0.05, 0.1) is 29.0 Å². The zero-order valence-corrected chi connectivity index (χ0v) is 20.2. The van der Waals surface area contributed by atoms with Gasteiger partial charge in [-0.1, -0.05) is 41.6 Å². The highest BCUT2D eigenvalue weighted by Crippen LogP contribution is 2.50. The quantitative estimate of drug-likeness (QED) is 0.310. The van der Waals surface area contributed by atoms with Crippen molar-refractivity contribution < 1.29 is 44.3 Å². The maximum Gasteiger partial charge on any atom is 0.430 e. The number of halogens is 7. The Morgan fingerprint density at radius 2 is 1.46 bits per heavy atom. The summed E-state index contributed by atoms with van der Waals surface area (Å²) in [5.41, 5.74) is -6.79. The van der Waals surface area contributed by atoms with Crippen molar-refractivity contribution in [2.24, 2.45) is 0 Å². The number of anilines is 1. The zero-order valence-electron chi connectivity index (χ0n) is 19.4. The van der Waals surface area contributed by atoms with E-state index in [4.69, 9.17) is 0 Å². The van der Waals surface area contributed by atoms with E-state index in [1.807, 2.05) is 0 Å². The van der Waals surface area contributed by atoms with Gasteiger partial charge in [0.25, 0.3) is 15.6 Å². The van der Waals surface area contributed by atoms with E-state index in [0.717, 1.165) is 10.7 Å². The van der Waals surface area contributed by atoms with Crippen molar-refractivity contribution in [3.05, 3.63) is 102 Å². The van der Waals surface area contributed by atoms with Gasteiger partial charge in [-0.25, -0.2) is 17.5 Å². The molecule has 3 aromatic carbocycles. The number of aromatic nitrogens is 3. The molecule has 0 amide bonds. The molecule has 0 unspecified atom stereocenters. The van der Waals surface area contributed by atoms with E-state index < -0.39 is 45.9 Å². The maximum atomic E-state index is 13.6. The van der Waals surface area contributed by atoms with Gasteiger partial charge < -0.3 is 5.11 Å². The average molecular weight is 574 g/mol. The number of sulfonamides is 1. The number of benzene rings is 3. The molecule has 4 rings (SSSR count). The van der Waals surface area contributed by atoms with Crippen LogP contribution in [-0.2, 0) is 22.2 Å². The first kappa shape index (κ1) is 28.0. The first-order chi connectivity index (χ1) is 18.1. The monoisotopic (exact) mass is 574 g/mol. The van der Waals surface area contributed by atoms with Gasteiger partial charge in [0.2, 0.25) is 0 Å². The van der Waals surface area contributed by atoms with Crippen LogP contribution in [-0.4, -0.2) is 40.9 Å². The Bertz CT molecular complexity index is 1540. The van der Waals surface area contributed by atoms with E-state index in [9.17, 15) is 44.3 Å². The van der Waals surface area contributed by atoms with Crippen molar-refractivity contribution >= 4 is 15.7 Å². The number of nitrogens with zero attached hydrogens (tertiary/aromatic N) is 4. The fourth-order valence-electron chi connectivity index (χ4n) is 3.65. The first-order valence-corrected chi connectivity index (χ1v) is 12.3. The molecule has 7 nitrogen and oxygen atoms in total. The number of aliphatic hydroxyl groups is 1. The summed E-state index contributed by atoms with van der Waals surface area (Å²) in [6, 6.07) is 14.2. The largest absolute Gasteiger partial charge is 0.430 e. The second-order valence-electron chi connectivity index (χ2n) is 8.21. The summed E-state index contributed by atoms with van der Waals surface area (Å²) in [6.45, 7) is -0.547. The van der Waals surface area contributed by atoms with Crippen molar-refractivity contribution in [3.63, 3.8) is 0 Å². The molecule has 1 aromatic heterocycles. The minimum Gasteiger partial charge on any atom is -0.369 e. The third-order valence-electron chi connectivity index (χ3n) is 5.64. The Morgan fingerprint density at radius 3 is 2.03 bits per heavy atom. The lowest BCUT2D eigenvalue weighted by atomic mass is 9.92. The van der Waals surface area contributed by atoms with Crippen LogP contribution in [0.4, 0.5) is 36.4 Å². The summed E-state index contributed by atoms with van der Waals surface area (Å²) < 4.78 is 122. The molecule has 1 heterocycles. The number of hydrogen-bond donors (Lipinski definition) is 1. The fraction of sp³-hybridized carbons (Fsp3) is 0.167. The summed E-state index contributed by atoms with van der Waals surface area (Å²) in [5, 5.41) is 17.3. The molecule has 206 valence electrons. The van der Waals surface area contributed by atoms with Gasteiger partial charge in [-0.05, 0) is 42.5 Å². The first-order valence-electron chi connectivity index (χ1n) is 10.9. The van der Waals surface area contributed by atoms with Crippen LogP contribution >= 0.6 is 0 Å². The summed E-state index contributed by atoms with van der Waals surface area (Å²) in [5.74, 6) is -0.574. The van der Waals surface area contributed by atoms with Gasteiger partial charge >= 0.3 is 12.4 Å². The second kappa shape index (κ2) is 9.96. The molecule has 4 aromatic rings. The number of hydrogen-bond acceptors (Lipinski definition) is 5. The fourth-order valence-corrected chi connectivity index (χ4v) is 5.11.